The Morgan fingerprint density at radius 1 is 1.04 bits per heavy atom. The van der Waals surface area contributed by atoms with Gasteiger partial charge in [-0.1, -0.05) is 30.8 Å². The first-order valence-corrected chi connectivity index (χ1v) is 8.65. The average Bonchev–Trinajstić information content (AvgIpc) is 2.72. The summed E-state index contributed by atoms with van der Waals surface area (Å²) in [6.07, 6.45) is 8.60. The molecule has 2 heterocycles. The van der Waals surface area contributed by atoms with Crippen molar-refractivity contribution in [3.05, 3.63) is 108 Å². The van der Waals surface area contributed by atoms with Crippen molar-refractivity contribution in [1.29, 1.82) is 0 Å². The molecule has 0 aliphatic heterocycles. The van der Waals surface area contributed by atoms with Crippen LogP contribution in [0.4, 0.5) is 4.39 Å². The van der Waals surface area contributed by atoms with E-state index >= 15 is 0 Å². The number of rotatable bonds is 7. The predicted molar refractivity (Wildman–Crippen MR) is 106 cm³/mol. The number of allylic oxidation sites excluding steroid dienone is 1. The zero-order valence-corrected chi connectivity index (χ0v) is 15.1. The van der Waals surface area contributed by atoms with Crippen molar-refractivity contribution in [2.75, 3.05) is 7.05 Å². The van der Waals surface area contributed by atoms with E-state index in [4.69, 9.17) is 0 Å². The van der Waals surface area contributed by atoms with E-state index in [1.54, 1.807) is 36.8 Å². The number of hydrogen-bond donors (Lipinski definition) is 0. The summed E-state index contributed by atoms with van der Waals surface area (Å²) in [5.41, 5.74) is 2.82. The maximum absolute atomic E-state index is 13.5. The van der Waals surface area contributed by atoms with E-state index in [2.05, 4.69) is 21.6 Å². The summed E-state index contributed by atoms with van der Waals surface area (Å²) < 4.78 is 13.5. The van der Waals surface area contributed by atoms with E-state index in [1.807, 2.05) is 48.6 Å². The molecule has 0 spiro atoms. The largest absolute Gasteiger partial charge is 0.290 e. The van der Waals surface area contributed by atoms with Crippen LogP contribution in [0.25, 0.3) is 0 Å². The van der Waals surface area contributed by atoms with Gasteiger partial charge in [0.25, 0.3) is 0 Å². The zero-order chi connectivity index (χ0) is 19.1. The zero-order valence-electron chi connectivity index (χ0n) is 15.1. The molecule has 3 aromatic rings. The van der Waals surface area contributed by atoms with Crippen LogP contribution < -0.4 is 0 Å². The smallest absolute Gasteiger partial charge is 0.123 e. The van der Waals surface area contributed by atoms with Crippen LogP contribution in [0.1, 0.15) is 28.8 Å². The number of hydrogen-bond acceptors (Lipinski definition) is 4. The minimum Gasteiger partial charge on any atom is -0.290 e. The van der Waals surface area contributed by atoms with Crippen LogP contribution >= 0.6 is 0 Å². The Labute approximate surface area is 158 Å². The van der Waals surface area contributed by atoms with Crippen LogP contribution in [-0.4, -0.2) is 28.2 Å². The second-order valence-electron chi connectivity index (χ2n) is 6.09. The molecule has 27 heavy (non-hydrogen) atoms. The number of pyridine rings is 2. The second-order valence-corrected chi connectivity index (χ2v) is 6.09. The Bertz CT molecular complexity index is 879. The molecule has 0 bridgehead atoms. The van der Waals surface area contributed by atoms with Crippen LogP contribution in [0.3, 0.4) is 0 Å². The molecule has 0 saturated heterocycles. The monoisotopic (exact) mass is 360 g/mol. The Balaban J connectivity index is 2.16. The second kappa shape index (κ2) is 8.85. The summed E-state index contributed by atoms with van der Waals surface area (Å²) in [7, 11) is 1.90. The molecule has 0 amide bonds. The maximum Gasteiger partial charge on any atom is 0.123 e. The molecule has 0 fully saturated rings. The minimum atomic E-state index is -0.267. The van der Waals surface area contributed by atoms with Crippen molar-refractivity contribution in [2.24, 2.45) is 5.10 Å². The number of halogens is 1. The van der Waals surface area contributed by atoms with Gasteiger partial charge in [0.2, 0.25) is 0 Å². The fourth-order valence-electron chi connectivity index (χ4n) is 3.14. The van der Waals surface area contributed by atoms with Crippen molar-refractivity contribution >= 4 is 6.21 Å². The standard InChI is InChI=1S/C22H21FN4/c1-3-13-26-27(2)22(20-8-4-5-15-25-20)21(18-7-6-14-24-16-18)17-9-11-19(23)12-10-17/h3-16,21-22H,1H2,2H3/b26-13-. The molecule has 0 radical (unpaired) electrons. The summed E-state index contributed by atoms with van der Waals surface area (Å²) in [5, 5.41) is 6.32. The summed E-state index contributed by atoms with van der Waals surface area (Å²) >= 11 is 0. The first kappa shape index (κ1) is 18.5. The topological polar surface area (TPSA) is 41.4 Å². The molecule has 2 aromatic heterocycles. The minimum absolute atomic E-state index is 0.138. The number of aromatic nitrogens is 2. The van der Waals surface area contributed by atoms with Crippen LogP contribution in [0.15, 0.2) is 90.9 Å². The van der Waals surface area contributed by atoms with Gasteiger partial charge in [-0.15, -0.1) is 0 Å². The molecule has 4 nitrogen and oxygen atoms in total. The van der Waals surface area contributed by atoms with Crippen molar-refractivity contribution in [3.63, 3.8) is 0 Å². The molecule has 0 aliphatic carbocycles. The summed E-state index contributed by atoms with van der Waals surface area (Å²) in [5.74, 6) is -0.405. The van der Waals surface area contributed by atoms with E-state index < -0.39 is 0 Å². The van der Waals surface area contributed by atoms with Crippen LogP contribution in [0.5, 0.6) is 0 Å². The quantitative estimate of drug-likeness (QED) is 0.457. The van der Waals surface area contributed by atoms with Gasteiger partial charge in [-0.25, -0.2) is 4.39 Å². The van der Waals surface area contributed by atoms with E-state index in [0.717, 1.165) is 16.8 Å². The molecule has 2 atom stereocenters. The van der Waals surface area contributed by atoms with E-state index in [-0.39, 0.29) is 17.8 Å². The summed E-state index contributed by atoms with van der Waals surface area (Å²) in [4.78, 5) is 8.84. The lowest BCUT2D eigenvalue weighted by Crippen LogP contribution is -2.27. The Morgan fingerprint density at radius 3 is 2.48 bits per heavy atom. The van der Waals surface area contributed by atoms with Gasteiger partial charge in [0.15, 0.2) is 0 Å². The molecule has 0 N–H and O–H groups in total. The van der Waals surface area contributed by atoms with Gasteiger partial charge in [0, 0.05) is 37.8 Å². The van der Waals surface area contributed by atoms with E-state index in [9.17, 15) is 4.39 Å². The highest BCUT2D eigenvalue weighted by atomic mass is 19.1. The SMILES string of the molecule is C=C/C=N\N(C)C(c1ccccn1)C(c1ccc(F)cc1)c1cccnc1. The third-order valence-corrected chi connectivity index (χ3v) is 4.34. The summed E-state index contributed by atoms with van der Waals surface area (Å²) in [6, 6.07) is 16.0. The first-order valence-electron chi connectivity index (χ1n) is 8.65. The lowest BCUT2D eigenvalue weighted by Gasteiger charge is -2.33. The molecule has 0 aliphatic rings. The fraction of sp³-hybridized carbons (Fsp3) is 0.136. The summed E-state index contributed by atoms with van der Waals surface area (Å²) in [6.45, 7) is 3.69. The van der Waals surface area contributed by atoms with E-state index in [0.29, 0.717) is 0 Å². The van der Waals surface area contributed by atoms with Crippen molar-refractivity contribution < 1.29 is 4.39 Å². The van der Waals surface area contributed by atoms with Gasteiger partial charge in [-0.3, -0.25) is 15.0 Å². The van der Waals surface area contributed by atoms with Gasteiger partial charge >= 0.3 is 0 Å². The Hall–Kier alpha value is -3.34. The molecule has 3 rings (SSSR count). The lowest BCUT2D eigenvalue weighted by atomic mass is 9.84. The molecule has 5 heteroatoms. The van der Waals surface area contributed by atoms with Crippen LogP contribution in [0, 0.1) is 5.82 Å². The number of hydrazone groups is 1. The van der Waals surface area contributed by atoms with Crippen molar-refractivity contribution in [3.8, 4) is 0 Å². The lowest BCUT2D eigenvalue weighted by molar-refractivity contribution is 0.232. The molecule has 1 aromatic carbocycles. The molecule has 136 valence electrons. The number of benzene rings is 1. The van der Waals surface area contributed by atoms with Crippen molar-refractivity contribution in [2.45, 2.75) is 12.0 Å². The maximum atomic E-state index is 13.5. The third-order valence-electron chi connectivity index (χ3n) is 4.34. The highest BCUT2D eigenvalue weighted by molar-refractivity contribution is 5.69. The molecule has 2 unspecified atom stereocenters. The molecular formula is C22H21FN4. The average molecular weight is 360 g/mol. The van der Waals surface area contributed by atoms with Gasteiger partial charge in [-0.05, 0) is 47.5 Å². The Morgan fingerprint density at radius 2 is 1.85 bits per heavy atom. The van der Waals surface area contributed by atoms with Gasteiger partial charge in [0.05, 0.1) is 11.7 Å². The normalized spacial score (nSPS) is 13.3. The van der Waals surface area contributed by atoms with E-state index in [1.165, 1.54) is 12.1 Å². The predicted octanol–water partition coefficient (Wildman–Crippen LogP) is 4.59. The van der Waals surface area contributed by atoms with Crippen LogP contribution in [-0.2, 0) is 0 Å². The Kier molecular flexibility index (Phi) is 6.05. The van der Waals surface area contributed by atoms with Gasteiger partial charge in [-0.2, -0.15) is 5.10 Å². The highest BCUT2D eigenvalue weighted by Crippen LogP contribution is 2.39. The van der Waals surface area contributed by atoms with Gasteiger partial charge in [0.1, 0.15) is 5.82 Å². The van der Waals surface area contributed by atoms with Gasteiger partial charge < -0.3 is 0 Å². The fourth-order valence-corrected chi connectivity index (χ4v) is 3.14. The van der Waals surface area contributed by atoms with Crippen LogP contribution in [0.2, 0.25) is 0 Å². The highest BCUT2D eigenvalue weighted by Gasteiger charge is 2.31. The number of likely N-dealkylation sites (N-methyl/N-ethyl adjacent to an activating group) is 1. The molecule has 0 saturated carbocycles. The molecular weight excluding hydrogens is 339 g/mol. The third kappa shape index (κ3) is 4.44. The first-order chi connectivity index (χ1) is 13.2. The van der Waals surface area contributed by atoms with Crippen molar-refractivity contribution in [1.82, 2.24) is 15.0 Å². The number of nitrogens with zero attached hydrogens (tertiary/aromatic N) is 4.